The number of carbonyl (C=O) groups excluding carboxylic acids is 2. The lowest BCUT2D eigenvalue weighted by molar-refractivity contribution is -0.127. The number of hydrogen-bond acceptors (Lipinski definition) is 4. The summed E-state index contributed by atoms with van der Waals surface area (Å²) in [4.78, 5) is 23.0. The van der Waals surface area contributed by atoms with E-state index < -0.39 is 6.04 Å². The van der Waals surface area contributed by atoms with Gasteiger partial charge in [0.25, 0.3) is 0 Å². The predicted molar refractivity (Wildman–Crippen MR) is 126 cm³/mol. The lowest BCUT2D eigenvalue weighted by Crippen LogP contribution is -2.42. The van der Waals surface area contributed by atoms with Crippen LogP contribution in [0.1, 0.15) is 114 Å². The molecule has 1 atom stereocenters. The van der Waals surface area contributed by atoms with E-state index in [9.17, 15) is 14.7 Å². The molecular weight excluding hydrogens is 390 g/mol. The van der Waals surface area contributed by atoms with Crippen molar-refractivity contribution in [2.24, 2.45) is 0 Å². The molecule has 178 valence electrons. The fourth-order valence-electron chi connectivity index (χ4n) is 4.03. The van der Waals surface area contributed by atoms with Crippen molar-refractivity contribution in [3.63, 3.8) is 0 Å². The topological polar surface area (TPSA) is 79.5 Å². The lowest BCUT2D eigenvalue weighted by Gasteiger charge is -2.13. The third-order valence-corrected chi connectivity index (χ3v) is 6.18. The second kappa shape index (κ2) is 16.1. The molecule has 0 bridgehead atoms. The van der Waals surface area contributed by atoms with E-state index in [4.69, 9.17) is 4.42 Å². The molecular formula is C26H45NO4. The Balaban J connectivity index is 2.09. The van der Waals surface area contributed by atoms with E-state index >= 15 is 0 Å². The van der Waals surface area contributed by atoms with Crippen molar-refractivity contribution in [3.05, 3.63) is 22.6 Å². The predicted octanol–water partition coefficient (Wildman–Crippen LogP) is 5.75. The zero-order valence-corrected chi connectivity index (χ0v) is 20.4. The molecule has 0 spiro atoms. The van der Waals surface area contributed by atoms with Crippen LogP contribution in [0.2, 0.25) is 0 Å². The highest BCUT2D eigenvalue weighted by molar-refractivity contribution is 5.88. The third kappa shape index (κ3) is 11.0. The van der Waals surface area contributed by atoms with Crippen LogP contribution in [0.4, 0.5) is 0 Å². The molecule has 0 aromatic carbocycles. The van der Waals surface area contributed by atoms with E-state index in [0.29, 0.717) is 6.42 Å². The summed E-state index contributed by atoms with van der Waals surface area (Å²) in [5, 5.41) is 11.7. The second-order valence-electron chi connectivity index (χ2n) is 8.89. The number of ketones is 1. The summed E-state index contributed by atoms with van der Waals surface area (Å²) >= 11 is 0. The summed E-state index contributed by atoms with van der Waals surface area (Å²) in [7, 11) is 0. The highest BCUT2D eigenvalue weighted by atomic mass is 16.3. The average molecular weight is 436 g/mol. The minimum absolute atomic E-state index is 0.0744. The fourth-order valence-corrected chi connectivity index (χ4v) is 4.03. The molecule has 1 aromatic rings. The van der Waals surface area contributed by atoms with Gasteiger partial charge in [-0.2, -0.15) is 0 Å². The smallest absolute Gasteiger partial charge is 0.217 e. The molecule has 31 heavy (non-hydrogen) atoms. The molecule has 1 heterocycles. The Morgan fingerprint density at radius 2 is 1.32 bits per heavy atom. The zero-order chi connectivity index (χ0) is 23.1. The fraction of sp³-hybridized carbons (Fsp3) is 0.769. The van der Waals surface area contributed by atoms with Crippen LogP contribution >= 0.6 is 0 Å². The Labute approximate surface area is 189 Å². The number of aliphatic hydroxyl groups excluding tert-OH is 1. The lowest BCUT2D eigenvalue weighted by atomic mass is 10.0. The highest BCUT2D eigenvalue weighted by Gasteiger charge is 2.17. The molecule has 1 unspecified atom stereocenters. The second-order valence-corrected chi connectivity index (χ2v) is 8.89. The van der Waals surface area contributed by atoms with E-state index in [1.54, 1.807) is 0 Å². The number of aliphatic hydroxyl groups is 1. The number of furan rings is 1. The van der Waals surface area contributed by atoms with E-state index in [0.717, 1.165) is 32.1 Å². The standard InChI is InChI=1S/C26H45NO4/c1-5-6-13-17-25-20(2)21(3)26(31-25)18-15-12-10-8-7-9-11-14-16-24(30)23(19-28)27-22(4)29/h23,28H,5-19H2,1-4H3,(H,27,29). The number of carbonyl (C=O) groups is 2. The molecule has 0 saturated carbocycles. The minimum atomic E-state index is -0.744. The number of aryl methyl sites for hydroxylation is 2. The highest BCUT2D eigenvalue weighted by Crippen LogP contribution is 2.25. The van der Waals surface area contributed by atoms with Crippen molar-refractivity contribution in [1.29, 1.82) is 0 Å². The molecule has 1 aromatic heterocycles. The number of unbranched alkanes of at least 4 members (excludes halogenated alkanes) is 9. The van der Waals surface area contributed by atoms with Gasteiger partial charge in [-0.1, -0.05) is 58.3 Å². The van der Waals surface area contributed by atoms with Crippen LogP contribution in [0.15, 0.2) is 4.42 Å². The monoisotopic (exact) mass is 435 g/mol. The number of rotatable bonds is 18. The molecule has 0 fully saturated rings. The molecule has 0 aliphatic carbocycles. The van der Waals surface area contributed by atoms with Crippen LogP contribution < -0.4 is 5.32 Å². The summed E-state index contributed by atoms with van der Waals surface area (Å²) < 4.78 is 6.16. The van der Waals surface area contributed by atoms with Gasteiger partial charge in [0.1, 0.15) is 17.6 Å². The normalized spacial score (nSPS) is 12.2. The van der Waals surface area contributed by atoms with Crippen molar-refractivity contribution >= 4 is 11.7 Å². The van der Waals surface area contributed by atoms with Crippen LogP contribution in [-0.4, -0.2) is 29.4 Å². The molecule has 1 amide bonds. The maximum atomic E-state index is 12.0. The van der Waals surface area contributed by atoms with Gasteiger partial charge in [0.05, 0.1) is 6.61 Å². The van der Waals surface area contributed by atoms with Gasteiger partial charge in [0, 0.05) is 26.2 Å². The van der Waals surface area contributed by atoms with Gasteiger partial charge in [-0.05, 0) is 44.2 Å². The van der Waals surface area contributed by atoms with E-state index in [1.807, 2.05) is 0 Å². The van der Waals surface area contributed by atoms with Gasteiger partial charge >= 0.3 is 0 Å². The first-order valence-corrected chi connectivity index (χ1v) is 12.4. The summed E-state index contributed by atoms with van der Waals surface area (Å²) in [6.45, 7) is 7.66. The quantitative estimate of drug-likeness (QED) is 0.288. The van der Waals surface area contributed by atoms with Crippen LogP contribution in [0, 0.1) is 13.8 Å². The van der Waals surface area contributed by atoms with Crippen LogP contribution in [0.3, 0.4) is 0 Å². The number of Topliss-reactive ketones (excluding diaryl/α,β-unsaturated/α-hetero) is 1. The first-order chi connectivity index (χ1) is 14.9. The maximum absolute atomic E-state index is 12.0. The minimum Gasteiger partial charge on any atom is -0.466 e. The van der Waals surface area contributed by atoms with Crippen LogP contribution in [-0.2, 0) is 22.4 Å². The van der Waals surface area contributed by atoms with E-state index in [1.165, 1.54) is 80.9 Å². The van der Waals surface area contributed by atoms with Crippen molar-refractivity contribution in [3.8, 4) is 0 Å². The Morgan fingerprint density at radius 3 is 1.81 bits per heavy atom. The first kappa shape index (κ1) is 27.4. The van der Waals surface area contributed by atoms with Crippen LogP contribution in [0.25, 0.3) is 0 Å². The van der Waals surface area contributed by atoms with Gasteiger partial charge in [-0.25, -0.2) is 0 Å². The van der Waals surface area contributed by atoms with Gasteiger partial charge < -0.3 is 14.8 Å². The summed E-state index contributed by atoms with van der Waals surface area (Å²) in [5.41, 5.74) is 2.70. The molecule has 0 saturated heterocycles. The molecule has 5 heteroatoms. The van der Waals surface area contributed by atoms with Crippen LogP contribution in [0.5, 0.6) is 0 Å². The van der Waals surface area contributed by atoms with Crippen molar-refractivity contribution in [2.75, 3.05) is 6.61 Å². The van der Waals surface area contributed by atoms with Gasteiger partial charge in [0.15, 0.2) is 5.78 Å². The third-order valence-electron chi connectivity index (χ3n) is 6.18. The molecule has 0 aliphatic rings. The average Bonchev–Trinajstić information content (AvgIpc) is 3.01. The molecule has 0 aliphatic heterocycles. The Bertz CT molecular complexity index is 650. The summed E-state index contributed by atoms with van der Waals surface area (Å²) in [6.07, 6.45) is 15.3. The Hall–Kier alpha value is -1.62. The summed E-state index contributed by atoms with van der Waals surface area (Å²) in [5.74, 6) is 2.03. The zero-order valence-electron chi connectivity index (χ0n) is 20.4. The number of nitrogens with one attached hydrogen (secondary N) is 1. The number of amides is 1. The van der Waals surface area contributed by atoms with Crippen molar-refractivity contribution in [1.82, 2.24) is 5.32 Å². The Morgan fingerprint density at radius 1 is 0.839 bits per heavy atom. The van der Waals surface area contributed by atoms with Crippen molar-refractivity contribution < 1.29 is 19.1 Å². The van der Waals surface area contributed by atoms with E-state index in [-0.39, 0.29) is 18.3 Å². The SMILES string of the molecule is CCCCCc1oc(CCCCCCCCCCC(=O)C(CO)NC(C)=O)c(C)c1C. The van der Waals surface area contributed by atoms with E-state index in [2.05, 4.69) is 26.1 Å². The molecule has 2 N–H and O–H groups in total. The van der Waals surface area contributed by atoms with Crippen molar-refractivity contribution in [2.45, 2.75) is 124 Å². The largest absolute Gasteiger partial charge is 0.466 e. The molecule has 0 radical (unpaired) electrons. The molecule has 1 rings (SSSR count). The number of hydrogen-bond donors (Lipinski definition) is 2. The van der Waals surface area contributed by atoms with Gasteiger partial charge in [-0.3, -0.25) is 9.59 Å². The molecule has 5 nitrogen and oxygen atoms in total. The maximum Gasteiger partial charge on any atom is 0.217 e. The van der Waals surface area contributed by atoms with Gasteiger partial charge in [0.2, 0.25) is 5.91 Å². The van der Waals surface area contributed by atoms with Gasteiger partial charge in [-0.15, -0.1) is 0 Å². The Kier molecular flexibility index (Phi) is 14.2. The first-order valence-electron chi connectivity index (χ1n) is 12.4. The summed E-state index contributed by atoms with van der Waals surface area (Å²) in [6, 6.07) is -0.744.